The number of hydrogen-bond acceptors (Lipinski definition) is 2. The Morgan fingerprint density at radius 2 is 1.93 bits per heavy atom. The minimum Gasteiger partial charge on any atom is -0.447 e. The van der Waals surface area contributed by atoms with Crippen molar-refractivity contribution in [2.75, 3.05) is 13.6 Å². The van der Waals surface area contributed by atoms with Gasteiger partial charge in [-0.25, -0.2) is 4.79 Å². The van der Waals surface area contributed by atoms with Crippen molar-refractivity contribution in [2.45, 2.75) is 52.6 Å². The average molecular weight is 201 g/mol. The number of carbonyl (C=O) groups is 1. The van der Waals surface area contributed by atoms with E-state index >= 15 is 0 Å². The Bertz CT molecular complexity index is 157. The minimum absolute atomic E-state index is 0.0272. The predicted octanol–water partition coefficient (Wildman–Crippen LogP) is 3.04. The SMILES string of the molecule is CCCCCCN(C)C(=O)OC(C)C. The summed E-state index contributed by atoms with van der Waals surface area (Å²) in [5, 5.41) is 0. The molecule has 0 rings (SSSR count). The summed E-state index contributed by atoms with van der Waals surface area (Å²) in [6.07, 6.45) is 4.48. The van der Waals surface area contributed by atoms with Crippen LogP contribution in [-0.4, -0.2) is 30.7 Å². The second-order valence-corrected chi connectivity index (χ2v) is 3.91. The molecular weight excluding hydrogens is 178 g/mol. The fourth-order valence-corrected chi connectivity index (χ4v) is 1.16. The molecular formula is C11H23NO2. The van der Waals surface area contributed by atoms with Gasteiger partial charge in [0.1, 0.15) is 0 Å². The third kappa shape index (κ3) is 6.75. The molecule has 0 aliphatic heterocycles. The van der Waals surface area contributed by atoms with Crippen LogP contribution in [0.3, 0.4) is 0 Å². The standard InChI is InChI=1S/C11H23NO2/c1-5-6-7-8-9-12(4)11(13)14-10(2)3/h10H,5-9H2,1-4H3. The number of ether oxygens (including phenoxy) is 1. The van der Waals surface area contributed by atoms with Gasteiger partial charge >= 0.3 is 6.09 Å². The lowest BCUT2D eigenvalue weighted by molar-refractivity contribution is 0.0836. The molecule has 0 aromatic heterocycles. The van der Waals surface area contributed by atoms with Crippen LogP contribution in [-0.2, 0) is 4.74 Å². The molecule has 0 aliphatic rings. The van der Waals surface area contributed by atoms with Crippen molar-refractivity contribution in [1.82, 2.24) is 4.90 Å². The number of nitrogens with zero attached hydrogens (tertiary/aromatic N) is 1. The molecule has 0 aromatic rings. The van der Waals surface area contributed by atoms with E-state index in [9.17, 15) is 4.79 Å². The summed E-state index contributed by atoms with van der Waals surface area (Å²) < 4.78 is 5.06. The van der Waals surface area contributed by atoms with Crippen LogP contribution in [0, 0.1) is 0 Å². The molecule has 0 radical (unpaired) electrons. The third-order valence-electron chi connectivity index (χ3n) is 2.00. The van der Waals surface area contributed by atoms with E-state index in [-0.39, 0.29) is 12.2 Å². The molecule has 0 aliphatic carbocycles. The summed E-state index contributed by atoms with van der Waals surface area (Å²) in [7, 11) is 1.79. The van der Waals surface area contributed by atoms with E-state index in [0.29, 0.717) is 0 Å². The monoisotopic (exact) mass is 201 g/mol. The minimum atomic E-state index is -0.212. The Hall–Kier alpha value is -0.730. The van der Waals surface area contributed by atoms with Crippen LogP contribution in [0.2, 0.25) is 0 Å². The van der Waals surface area contributed by atoms with Crippen molar-refractivity contribution in [1.29, 1.82) is 0 Å². The van der Waals surface area contributed by atoms with Crippen LogP contribution in [0.5, 0.6) is 0 Å². The van der Waals surface area contributed by atoms with Gasteiger partial charge in [-0.3, -0.25) is 0 Å². The molecule has 0 saturated heterocycles. The number of hydrogen-bond donors (Lipinski definition) is 0. The second-order valence-electron chi connectivity index (χ2n) is 3.91. The number of unbranched alkanes of at least 4 members (excludes halogenated alkanes) is 3. The first-order valence-corrected chi connectivity index (χ1v) is 5.49. The molecule has 14 heavy (non-hydrogen) atoms. The first-order chi connectivity index (χ1) is 6.57. The Morgan fingerprint density at radius 3 is 2.43 bits per heavy atom. The van der Waals surface area contributed by atoms with E-state index in [4.69, 9.17) is 4.74 Å². The van der Waals surface area contributed by atoms with E-state index in [1.54, 1.807) is 11.9 Å². The molecule has 3 nitrogen and oxygen atoms in total. The van der Waals surface area contributed by atoms with Gasteiger partial charge in [0.25, 0.3) is 0 Å². The highest BCUT2D eigenvalue weighted by Crippen LogP contribution is 2.02. The first kappa shape index (κ1) is 13.3. The van der Waals surface area contributed by atoms with Crippen LogP contribution in [0.1, 0.15) is 46.5 Å². The summed E-state index contributed by atoms with van der Waals surface area (Å²) in [5.41, 5.74) is 0. The lowest BCUT2D eigenvalue weighted by atomic mass is 10.2. The number of carbonyl (C=O) groups excluding carboxylic acids is 1. The Kier molecular flexibility index (Phi) is 7.25. The number of rotatable bonds is 6. The first-order valence-electron chi connectivity index (χ1n) is 5.49. The van der Waals surface area contributed by atoms with Crippen LogP contribution in [0.4, 0.5) is 4.79 Å². The fourth-order valence-electron chi connectivity index (χ4n) is 1.16. The highest BCUT2D eigenvalue weighted by atomic mass is 16.6. The maximum Gasteiger partial charge on any atom is 0.409 e. The van der Waals surface area contributed by atoms with Gasteiger partial charge in [-0.1, -0.05) is 26.2 Å². The highest BCUT2D eigenvalue weighted by Gasteiger charge is 2.10. The van der Waals surface area contributed by atoms with E-state index in [1.165, 1.54) is 19.3 Å². The molecule has 0 spiro atoms. The van der Waals surface area contributed by atoms with Crippen LogP contribution >= 0.6 is 0 Å². The second kappa shape index (κ2) is 7.65. The molecule has 84 valence electrons. The van der Waals surface area contributed by atoms with Crippen molar-refractivity contribution in [3.8, 4) is 0 Å². The summed E-state index contributed by atoms with van der Waals surface area (Å²) in [6, 6.07) is 0. The molecule has 0 atom stereocenters. The average Bonchev–Trinajstić information content (AvgIpc) is 2.11. The topological polar surface area (TPSA) is 29.5 Å². The van der Waals surface area contributed by atoms with E-state index < -0.39 is 0 Å². The van der Waals surface area contributed by atoms with Gasteiger partial charge in [0.2, 0.25) is 0 Å². The fraction of sp³-hybridized carbons (Fsp3) is 0.909. The summed E-state index contributed by atoms with van der Waals surface area (Å²) in [4.78, 5) is 13.0. The van der Waals surface area contributed by atoms with Crippen molar-refractivity contribution in [3.63, 3.8) is 0 Å². The van der Waals surface area contributed by atoms with Crippen molar-refractivity contribution >= 4 is 6.09 Å². The quantitative estimate of drug-likeness (QED) is 0.618. The maximum absolute atomic E-state index is 11.3. The third-order valence-corrected chi connectivity index (χ3v) is 2.00. The molecule has 0 unspecified atom stereocenters. The lowest BCUT2D eigenvalue weighted by Gasteiger charge is -2.18. The molecule has 1 amide bonds. The molecule has 3 heteroatoms. The summed E-state index contributed by atoms with van der Waals surface area (Å²) >= 11 is 0. The Balaban J connectivity index is 3.52. The van der Waals surface area contributed by atoms with Gasteiger partial charge < -0.3 is 9.64 Å². The molecule has 0 bridgehead atoms. The maximum atomic E-state index is 11.3. The molecule has 0 saturated carbocycles. The summed E-state index contributed by atoms with van der Waals surface area (Å²) in [6.45, 7) is 6.70. The molecule has 0 heterocycles. The van der Waals surface area contributed by atoms with Crippen LogP contribution in [0.25, 0.3) is 0 Å². The number of amides is 1. The molecule has 0 aromatic carbocycles. The zero-order valence-corrected chi connectivity index (χ0v) is 9.88. The van der Waals surface area contributed by atoms with E-state index in [0.717, 1.165) is 13.0 Å². The summed E-state index contributed by atoms with van der Waals surface area (Å²) in [5.74, 6) is 0. The zero-order chi connectivity index (χ0) is 11.0. The largest absolute Gasteiger partial charge is 0.447 e. The Labute approximate surface area is 87.4 Å². The van der Waals surface area contributed by atoms with E-state index in [1.807, 2.05) is 13.8 Å². The lowest BCUT2D eigenvalue weighted by Crippen LogP contribution is -2.30. The van der Waals surface area contributed by atoms with Gasteiger partial charge in [-0.05, 0) is 20.3 Å². The normalized spacial score (nSPS) is 10.4. The molecule has 0 fully saturated rings. The van der Waals surface area contributed by atoms with Crippen molar-refractivity contribution in [3.05, 3.63) is 0 Å². The van der Waals surface area contributed by atoms with Crippen LogP contribution in [0.15, 0.2) is 0 Å². The predicted molar refractivity (Wildman–Crippen MR) is 58.4 cm³/mol. The van der Waals surface area contributed by atoms with Gasteiger partial charge in [-0.2, -0.15) is 0 Å². The van der Waals surface area contributed by atoms with Gasteiger partial charge in [0.05, 0.1) is 6.10 Å². The van der Waals surface area contributed by atoms with Gasteiger partial charge in [0.15, 0.2) is 0 Å². The highest BCUT2D eigenvalue weighted by molar-refractivity contribution is 5.67. The Morgan fingerprint density at radius 1 is 1.29 bits per heavy atom. The van der Waals surface area contributed by atoms with E-state index in [2.05, 4.69) is 6.92 Å². The van der Waals surface area contributed by atoms with Crippen molar-refractivity contribution in [2.24, 2.45) is 0 Å². The zero-order valence-electron chi connectivity index (χ0n) is 9.88. The molecule has 0 N–H and O–H groups in total. The smallest absolute Gasteiger partial charge is 0.409 e. The van der Waals surface area contributed by atoms with Crippen LogP contribution < -0.4 is 0 Å². The van der Waals surface area contributed by atoms with Gasteiger partial charge in [0, 0.05) is 13.6 Å². The van der Waals surface area contributed by atoms with Crippen molar-refractivity contribution < 1.29 is 9.53 Å². The van der Waals surface area contributed by atoms with Gasteiger partial charge in [-0.15, -0.1) is 0 Å².